The Morgan fingerprint density at radius 1 is 1.36 bits per heavy atom. The highest BCUT2D eigenvalue weighted by Gasteiger charge is 2.40. The minimum Gasteiger partial charge on any atom is -0.465 e. The van der Waals surface area contributed by atoms with Crippen LogP contribution in [0.15, 0.2) is 24.4 Å². The molecule has 4 heteroatoms. The zero-order chi connectivity index (χ0) is 17.0. The number of likely N-dealkylation sites (N-methyl/N-ethyl adjacent to an activating group) is 1. The van der Waals surface area contributed by atoms with Gasteiger partial charge in [-0.3, -0.25) is 4.79 Å². The summed E-state index contributed by atoms with van der Waals surface area (Å²) >= 11 is 0. The lowest BCUT2D eigenvalue weighted by molar-refractivity contribution is -0.153. The minimum absolute atomic E-state index is 0.0368. The zero-order valence-electron chi connectivity index (χ0n) is 14.8. The van der Waals surface area contributed by atoms with Crippen molar-refractivity contribution in [2.24, 2.45) is 11.8 Å². The number of hydrogen-bond donors (Lipinski definition) is 1. The van der Waals surface area contributed by atoms with Gasteiger partial charge in [0.1, 0.15) is 0 Å². The lowest BCUT2D eigenvalue weighted by Gasteiger charge is -2.45. The third kappa shape index (κ3) is 2.50. The van der Waals surface area contributed by atoms with Crippen molar-refractivity contribution in [3.05, 3.63) is 35.5 Å². The smallest absolute Gasteiger partial charge is 0.308 e. The van der Waals surface area contributed by atoms with E-state index in [4.69, 9.17) is 4.74 Å². The molecule has 1 saturated carbocycles. The first-order valence-electron chi connectivity index (χ1n) is 9.66. The molecule has 0 unspecified atom stereocenters. The Bertz CT molecular complexity index is 807. The second-order valence-corrected chi connectivity index (χ2v) is 8.26. The van der Waals surface area contributed by atoms with Crippen molar-refractivity contribution in [1.29, 1.82) is 0 Å². The van der Waals surface area contributed by atoms with Crippen molar-refractivity contribution < 1.29 is 9.53 Å². The van der Waals surface area contributed by atoms with E-state index in [0.717, 1.165) is 32.2 Å². The van der Waals surface area contributed by atoms with Gasteiger partial charge in [0.2, 0.25) is 0 Å². The molecule has 0 spiro atoms. The Kier molecular flexibility index (Phi) is 3.63. The quantitative estimate of drug-likeness (QED) is 0.872. The molecule has 2 aromatic rings. The SMILES string of the molecule is CN1C[C@H](COC(=O)C2CCC2)C[C@@H]2c3cccc4[nH]cc(c34)C[C@H]21. The van der Waals surface area contributed by atoms with E-state index in [0.29, 0.717) is 24.5 Å². The van der Waals surface area contributed by atoms with Crippen LogP contribution in [-0.4, -0.2) is 42.1 Å². The van der Waals surface area contributed by atoms with Gasteiger partial charge < -0.3 is 14.6 Å². The fraction of sp³-hybridized carbons (Fsp3) is 0.571. The number of H-pyrrole nitrogens is 1. The predicted molar refractivity (Wildman–Crippen MR) is 97.6 cm³/mol. The fourth-order valence-electron chi connectivity index (χ4n) is 5.14. The van der Waals surface area contributed by atoms with Crippen LogP contribution in [0.5, 0.6) is 0 Å². The Hall–Kier alpha value is -1.81. The Morgan fingerprint density at radius 2 is 2.24 bits per heavy atom. The maximum atomic E-state index is 12.1. The molecule has 2 heterocycles. The molecule has 2 fully saturated rings. The Balaban J connectivity index is 1.36. The molecule has 2 aliphatic carbocycles. The van der Waals surface area contributed by atoms with Crippen molar-refractivity contribution in [3.63, 3.8) is 0 Å². The van der Waals surface area contributed by atoms with E-state index in [-0.39, 0.29) is 11.9 Å². The van der Waals surface area contributed by atoms with Gasteiger partial charge >= 0.3 is 5.97 Å². The molecule has 1 aliphatic heterocycles. The number of carbonyl (C=O) groups excluding carboxylic acids is 1. The van der Waals surface area contributed by atoms with Crippen LogP contribution in [0.4, 0.5) is 0 Å². The number of aromatic nitrogens is 1. The van der Waals surface area contributed by atoms with Gasteiger partial charge in [-0.15, -0.1) is 0 Å². The van der Waals surface area contributed by atoms with Gasteiger partial charge in [-0.25, -0.2) is 0 Å². The second kappa shape index (κ2) is 5.87. The molecule has 5 rings (SSSR count). The van der Waals surface area contributed by atoms with E-state index in [1.807, 2.05) is 0 Å². The molecular formula is C21H26N2O2. The molecule has 0 radical (unpaired) electrons. The number of benzene rings is 1. The van der Waals surface area contributed by atoms with Crippen LogP contribution in [0.2, 0.25) is 0 Å². The average Bonchev–Trinajstić information content (AvgIpc) is 2.97. The van der Waals surface area contributed by atoms with Crippen LogP contribution in [0.25, 0.3) is 10.9 Å². The molecular weight excluding hydrogens is 312 g/mol. The molecule has 0 bridgehead atoms. The summed E-state index contributed by atoms with van der Waals surface area (Å²) in [6, 6.07) is 7.20. The van der Waals surface area contributed by atoms with Gasteiger partial charge in [-0.05, 0) is 49.9 Å². The summed E-state index contributed by atoms with van der Waals surface area (Å²) < 4.78 is 5.67. The number of aromatic amines is 1. The van der Waals surface area contributed by atoms with Crippen molar-refractivity contribution in [2.75, 3.05) is 20.2 Å². The van der Waals surface area contributed by atoms with Crippen LogP contribution < -0.4 is 0 Å². The van der Waals surface area contributed by atoms with Gasteiger partial charge in [0, 0.05) is 41.5 Å². The molecule has 0 amide bonds. The minimum atomic E-state index is 0.0368. The average molecular weight is 338 g/mol. The molecule has 1 N–H and O–H groups in total. The normalized spacial score (nSPS) is 29.2. The number of esters is 1. The highest BCUT2D eigenvalue weighted by Crippen LogP contribution is 2.44. The maximum Gasteiger partial charge on any atom is 0.308 e. The summed E-state index contributed by atoms with van der Waals surface area (Å²) in [5, 5.41) is 1.43. The van der Waals surface area contributed by atoms with Crippen LogP contribution in [0.3, 0.4) is 0 Å². The summed E-state index contributed by atoms with van der Waals surface area (Å²) in [5.74, 6) is 1.19. The first kappa shape index (κ1) is 15.4. The van der Waals surface area contributed by atoms with Gasteiger partial charge in [0.05, 0.1) is 12.5 Å². The largest absolute Gasteiger partial charge is 0.465 e. The Labute approximate surface area is 148 Å². The summed E-state index contributed by atoms with van der Waals surface area (Å²) in [6.07, 6.45) is 7.64. The fourth-order valence-corrected chi connectivity index (χ4v) is 5.14. The lowest BCUT2D eigenvalue weighted by atomic mass is 9.72. The van der Waals surface area contributed by atoms with E-state index in [1.165, 1.54) is 28.5 Å². The van der Waals surface area contributed by atoms with Crippen LogP contribution in [0.1, 0.15) is 42.7 Å². The molecule has 132 valence electrons. The number of fused-ring (bicyclic) bond motifs is 2. The Morgan fingerprint density at radius 3 is 3.04 bits per heavy atom. The standard InChI is InChI=1S/C21H26N2O2/c1-23-11-13(12-25-21(24)14-4-2-5-14)8-17-16-6-3-7-18-20(16)15(10-22-18)9-19(17)23/h3,6-7,10,13-14,17,19,22H,2,4-5,8-9,11-12H2,1H3/t13-,17-,19-/m1/s1. The van der Waals surface area contributed by atoms with Gasteiger partial charge in [-0.1, -0.05) is 18.6 Å². The van der Waals surface area contributed by atoms with E-state index in [1.54, 1.807) is 0 Å². The van der Waals surface area contributed by atoms with Crippen molar-refractivity contribution in [3.8, 4) is 0 Å². The summed E-state index contributed by atoms with van der Waals surface area (Å²) in [5.41, 5.74) is 4.19. The number of carbonyl (C=O) groups is 1. The van der Waals surface area contributed by atoms with Crippen LogP contribution in [-0.2, 0) is 16.0 Å². The number of rotatable bonds is 3. The molecule has 1 saturated heterocycles. The third-order valence-corrected chi connectivity index (χ3v) is 6.71. The van der Waals surface area contributed by atoms with Gasteiger partial charge in [0.15, 0.2) is 0 Å². The first-order chi connectivity index (χ1) is 12.2. The lowest BCUT2D eigenvalue weighted by Crippen LogP contribution is -2.49. The topological polar surface area (TPSA) is 45.3 Å². The van der Waals surface area contributed by atoms with Gasteiger partial charge in [-0.2, -0.15) is 0 Å². The van der Waals surface area contributed by atoms with Crippen molar-refractivity contribution in [2.45, 2.75) is 44.1 Å². The predicted octanol–water partition coefficient (Wildman–Crippen LogP) is 3.47. The molecule has 4 nitrogen and oxygen atoms in total. The van der Waals surface area contributed by atoms with E-state index in [9.17, 15) is 4.79 Å². The zero-order valence-corrected chi connectivity index (χ0v) is 14.8. The number of ether oxygens (including phenoxy) is 1. The molecule has 25 heavy (non-hydrogen) atoms. The number of nitrogens with one attached hydrogen (secondary N) is 1. The summed E-state index contributed by atoms with van der Waals surface area (Å²) in [6.45, 7) is 1.60. The van der Waals surface area contributed by atoms with E-state index >= 15 is 0 Å². The summed E-state index contributed by atoms with van der Waals surface area (Å²) in [4.78, 5) is 18.0. The van der Waals surface area contributed by atoms with Crippen molar-refractivity contribution in [1.82, 2.24) is 9.88 Å². The van der Waals surface area contributed by atoms with Gasteiger partial charge in [0.25, 0.3) is 0 Å². The van der Waals surface area contributed by atoms with Crippen LogP contribution in [0, 0.1) is 11.8 Å². The first-order valence-corrected chi connectivity index (χ1v) is 9.66. The van der Waals surface area contributed by atoms with E-state index in [2.05, 4.69) is 41.3 Å². The maximum absolute atomic E-state index is 12.1. The molecule has 1 aromatic heterocycles. The molecule has 1 aromatic carbocycles. The molecule has 3 atom stereocenters. The third-order valence-electron chi connectivity index (χ3n) is 6.71. The summed E-state index contributed by atoms with van der Waals surface area (Å²) in [7, 11) is 2.23. The monoisotopic (exact) mass is 338 g/mol. The second-order valence-electron chi connectivity index (χ2n) is 8.26. The number of likely N-dealkylation sites (tertiary alicyclic amines) is 1. The molecule has 3 aliphatic rings. The number of piperidine rings is 1. The van der Waals surface area contributed by atoms with Crippen LogP contribution >= 0.6 is 0 Å². The van der Waals surface area contributed by atoms with Crippen molar-refractivity contribution >= 4 is 16.9 Å². The number of nitrogens with zero attached hydrogens (tertiary/aromatic N) is 1. The highest BCUT2D eigenvalue weighted by molar-refractivity contribution is 5.88. The van der Waals surface area contributed by atoms with E-state index < -0.39 is 0 Å². The number of hydrogen-bond acceptors (Lipinski definition) is 3. The highest BCUT2D eigenvalue weighted by atomic mass is 16.5.